The van der Waals surface area contributed by atoms with E-state index in [4.69, 9.17) is 0 Å². The third kappa shape index (κ3) is 2.75. The number of hydrogen-bond acceptors (Lipinski definition) is 4. The Hall–Kier alpha value is -1.16. The van der Waals surface area contributed by atoms with Crippen molar-refractivity contribution in [2.75, 3.05) is 32.6 Å². The Morgan fingerprint density at radius 3 is 2.71 bits per heavy atom. The molecule has 0 radical (unpaired) electrons. The molecule has 1 saturated heterocycles. The van der Waals surface area contributed by atoms with Crippen molar-refractivity contribution in [2.45, 2.75) is 32.2 Å². The van der Waals surface area contributed by atoms with Gasteiger partial charge in [-0.15, -0.1) is 0 Å². The summed E-state index contributed by atoms with van der Waals surface area (Å²) >= 11 is 0. The summed E-state index contributed by atoms with van der Waals surface area (Å²) in [4.78, 5) is 13.5. The quantitative estimate of drug-likeness (QED) is 0.783. The zero-order chi connectivity index (χ0) is 12.4. The first-order valence-corrected chi connectivity index (χ1v) is 6.31. The zero-order valence-corrected chi connectivity index (χ0v) is 11.3. The maximum Gasteiger partial charge on any atom is 0.132 e. The van der Waals surface area contributed by atoms with Gasteiger partial charge in [0.2, 0.25) is 0 Å². The Bertz CT molecular complexity index is 389. The van der Waals surface area contributed by atoms with Crippen LogP contribution >= 0.6 is 0 Å². The van der Waals surface area contributed by atoms with Crippen molar-refractivity contribution >= 4 is 5.82 Å². The van der Waals surface area contributed by atoms with Crippen molar-refractivity contribution in [1.29, 1.82) is 0 Å². The second-order valence-corrected chi connectivity index (χ2v) is 5.08. The molecule has 0 aliphatic carbocycles. The average molecular weight is 234 g/mol. The van der Waals surface area contributed by atoms with Gasteiger partial charge in [0.1, 0.15) is 11.6 Å². The van der Waals surface area contributed by atoms with Gasteiger partial charge in [-0.25, -0.2) is 9.97 Å². The summed E-state index contributed by atoms with van der Waals surface area (Å²) in [5.41, 5.74) is 1.17. The Balaban J connectivity index is 2.30. The maximum atomic E-state index is 4.61. The molecule has 1 fully saturated rings. The van der Waals surface area contributed by atoms with E-state index >= 15 is 0 Å². The molecule has 1 aromatic rings. The Morgan fingerprint density at radius 2 is 2.06 bits per heavy atom. The van der Waals surface area contributed by atoms with E-state index in [1.54, 1.807) is 0 Å². The fourth-order valence-corrected chi connectivity index (χ4v) is 2.42. The van der Waals surface area contributed by atoms with E-state index in [1.807, 2.05) is 25.9 Å². The van der Waals surface area contributed by atoms with Crippen molar-refractivity contribution in [3.05, 3.63) is 17.6 Å². The van der Waals surface area contributed by atoms with Gasteiger partial charge in [-0.05, 0) is 33.4 Å². The van der Waals surface area contributed by atoms with Crippen LogP contribution in [0.2, 0.25) is 0 Å². The largest absolute Gasteiger partial charge is 0.363 e. The molecule has 94 valence electrons. The molecule has 0 bridgehead atoms. The summed E-state index contributed by atoms with van der Waals surface area (Å²) < 4.78 is 0. The lowest BCUT2D eigenvalue weighted by Gasteiger charge is -2.32. The second-order valence-electron chi connectivity index (χ2n) is 5.08. The monoisotopic (exact) mass is 234 g/mol. The lowest BCUT2D eigenvalue weighted by atomic mass is 10.00. The molecule has 2 rings (SSSR count). The molecule has 0 aromatic carbocycles. The number of likely N-dealkylation sites (tertiary alicyclic amines) is 1. The molecule has 0 N–H and O–H groups in total. The van der Waals surface area contributed by atoms with E-state index in [-0.39, 0.29) is 0 Å². The molecule has 1 aliphatic rings. The third-order valence-electron chi connectivity index (χ3n) is 3.41. The molecule has 1 unspecified atom stereocenters. The van der Waals surface area contributed by atoms with Crippen molar-refractivity contribution in [1.82, 2.24) is 14.9 Å². The number of aryl methyl sites for hydroxylation is 1. The topological polar surface area (TPSA) is 32.3 Å². The van der Waals surface area contributed by atoms with E-state index in [0.29, 0.717) is 6.04 Å². The highest BCUT2D eigenvalue weighted by molar-refractivity contribution is 5.38. The van der Waals surface area contributed by atoms with Crippen LogP contribution in [-0.2, 0) is 0 Å². The van der Waals surface area contributed by atoms with Crippen LogP contribution in [0.3, 0.4) is 0 Å². The highest BCUT2D eigenvalue weighted by atomic mass is 15.2. The Labute approximate surface area is 104 Å². The smallest absolute Gasteiger partial charge is 0.132 e. The van der Waals surface area contributed by atoms with Gasteiger partial charge >= 0.3 is 0 Å². The Morgan fingerprint density at radius 1 is 1.29 bits per heavy atom. The van der Waals surface area contributed by atoms with Gasteiger partial charge in [0, 0.05) is 20.2 Å². The zero-order valence-electron chi connectivity index (χ0n) is 11.3. The van der Waals surface area contributed by atoms with E-state index in [9.17, 15) is 0 Å². The molecular weight excluding hydrogens is 212 g/mol. The maximum absolute atomic E-state index is 4.61. The van der Waals surface area contributed by atoms with Gasteiger partial charge in [0.15, 0.2) is 0 Å². The van der Waals surface area contributed by atoms with Crippen LogP contribution in [-0.4, -0.2) is 42.6 Å². The van der Waals surface area contributed by atoms with Gasteiger partial charge in [-0.2, -0.15) is 0 Å². The molecule has 0 amide bonds. The van der Waals surface area contributed by atoms with E-state index < -0.39 is 0 Å². The number of rotatable bonds is 2. The summed E-state index contributed by atoms with van der Waals surface area (Å²) in [6.07, 6.45) is 3.81. The lowest BCUT2D eigenvalue weighted by molar-refractivity contribution is 0.183. The van der Waals surface area contributed by atoms with Crippen molar-refractivity contribution in [2.24, 2.45) is 0 Å². The minimum Gasteiger partial charge on any atom is -0.363 e. The van der Waals surface area contributed by atoms with E-state index in [0.717, 1.165) is 11.6 Å². The summed E-state index contributed by atoms with van der Waals surface area (Å²) in [5.74, 6) is 1.87. The highest BCUT2D eigenvalue weighted by Crippen LogP contribution is 2.29. The average Bonchev–Trinajstić information content (AvgIpc) is 2.28. The molecule has 0 saturated carbocycles. The number of piperidine rings is 1. The van der Waals surface area contributed by atoms with Crippen LogP contribution in [0.15, 0.2) is 6.07 Å². The standard InChI is InChI=1S/C13H22N4/c1-10-14-11(9-13(15-10)16(2)3)12-7-5-6-8-17(12)4/h9,12H,5-8H2,1-4H3. The van der Waals surface area contributed by atoms with E-state index in [2.05, 4.69) is 28.0 Å². The van der Waals surface area contributed by atoms with Crippen molar-refractivity contribution in [3.63, 3.8) is 0 Å². The summed E-state index contributed by atoms with van der Waals surface area (Å²) in [6.45, 7) is 3.14. The fourth-order valence-electron chi connectivity index (χ4n) is 2.42. The predicted octanol–water partition coefficient (Wildman–Crippen LogP) is 2.01. The van der Waals surface area contributed by atoms with Crippen LogP contribution in [0.25, 0.3) is 0 Å². The SMILES string of the molecule is Cc1nc(C2CCCCN2C)cc(N(C)C)n1. The van der Waals surface area contributed by atoms with Gasteiger partial charge in [0.05, 0.1) is 11.7 Å². The molecular formula is C13H22N4. The summed E-state index contributed by atoms with van der Waals surface area (Å²) in [6, 6.07) is 2.59. The first-order chi connectivity index (χ1) is 8.08. The third-order valence-corrected chi connectivity index (χ3v) is 3.41. The molecule has 1 atom stereocenters. The minimum absolute atomic E-state index is 0.462. The molecule has 0 spiro atoms. The van der Waals surface area contributed by atoms with Gasteiger partial charge in [0.25, 0.3) is 0 Å². The normalized spacial score (nSPS) is 21.5. The fraction of sp³-hybridized carbons (Fsp3) is 0.692. The number of aromatic nitrogens is 2. The number of nitrogens with zero attached hydrogens (tertiary/aromatic N) is 4. The molecule has 1 aliphatic heterocycles. The van der Waals surface area contributed by atoms with Gasteiger partial charge < -0.3 is 4.90 Å². The van der Waals surface area contributed by atoms with Crippen LogP contribution < -0.4 is 4.90 Å². The molecule has 2 heterocycles. The van der Waals surface area contributed by atoms with Crippen LogP contribution in [0.5, 0.6) is 0 Å². The Kier molecular flexibility index (Phi) is 3.62. The van der Waals surface area contributed by atoms with Crippen molar-refractivity contribution < 1.29 is 0 Å². The van der Waals surface area contributed by atoms with Crippen LogP contribution in [0.4, 0.5) is 5.82 Å². The minimum atomic E-state index is 0.462. The van der Waals surface area contributed by atoms with Gasteiger partial charge in [-0.1, -0.05) is 6.42 Å². The van der Waals surface area contributed by atoms with Crippen LogP contribution in [0.1, 0.15) is 36.8 Å². The first-order valence-electron chi connectivity index (χ1n) is 6.31. The molecule has 4 nitrogen and oxygen atoms in total. The van der Waals surface area contributed by atoms with Crippen molar-refractivity contribution in [3.8, 4) is 0 Å². The molecule has 17 heavy (non-hydrogen) atoms. The number of hydrogen-bond donors (Lipinski definition) is 0. The lowest BCUT2D eigenvalue weighted by Crippen LogP contribution is -2.30. The summed E-state index contributed by atoms with van der Waals surface area (Å²) in [5, 5.41) is 0. The second kappa shape index (κ2) is 5.00. The van der Waals surface area contributed by atoms with Gasteiger partial charge in [-0.3, -0.25) is 4.90 Å². The predicted molar refractivity (Wildman–Crippen MR) is 70.3 cm³/mol. The number of anilines is 1. The van der Waals surface area contributed by atoms with Crippen LogP contribution in [0, 0.1) is 6.92 Å². The highest BCUT2D eigenvalue weighted by Gasteiger charge is 2.22. The molecule has 1 aromatic heterocycles. The van der Waals surface area contributed by atoms with E-state index in [1.165, 1.54) is 31.5 Å². The molecule has 4 heteroatoms. The summed E-state index contributed by atoms with van der Waals surface area (Å²) in [7, 11) is 6.24. The first kappa shape index (κ1) is 12.3.